The Morgan fingerprint density at radius 3 is 2.33 bits per heavy atom. The number of rotatable bonds is 5. The molecule has 0 unspecified atom stereocenters. The van der Waals surface area contributed by atoms with Gasteiger partial charge < -0.3 is 14.2 Å². The van der Waals surface area contributed by atoms with Crippen molar-refractivity contribution in [2.45, 2.75) is 11.1 Å². The number of anilines is 1. The summed E-state index contributed by atoms with van der Waals surface area (Å²) < 4.78 is 90.1. The average molecular weight is 485 g/mol. The van der Waals surface area contributed by atoms with Gasteiger partial charge in [0.05, 0.1) is 12.8 Å². The molecule has 0 bridgehead atoms. The van der Waals surface area contributed by atoms with Crippen LogP contribution in [0.1, 0.15) is 5.76 Å². The van der Waals surface area contributed by atoms with Crippen LogP contribution >= 0.6 is 0 Å². The third kappa shape index (κ3) is 4.53. The summed E-state index contributed by atoms with van der Waals surface area (Å²) in [6.45, 7) is 0.708. The van der Waals surface area contributed by atoms with Crippen LogP contribution in [0.4, 0.5) is 23.2 Å². The molecule has 1 saturated heterocycles. The van der Waals surface area contributed by atoms with Crippen molar-refractivity contribution >= 4 is 15.7 Å². The van der Waals surface area contributed by atoms with Crippen LogP contribution in [0, 0.1) is 5.82 Å². The fraction of sp³-hybridized carbons (Fsp3) is 0.286. The molecule has 0 aliphatic carbocycles. The van der Waals surface area contributed by atoms with Crippen LogP contribution in [0.2, 0.25) is 0 Å². The molecule has 1 aliphatic rings. The van der Waals surface area contributed by atoms with Gasteiger partial charge in [0.15, 0.2) is 0 Å². The van der Waals surface area contributed by atoms with Gasteiger partial charge in [-0.3, -0.25) is 0 Å². The van der Waals surface area contributed by atoms with Crippen LogP contribution < -0.4 is 9.64 Å². The van der Waals surface area contributed by atoms with Crippen molar-refractivity contribution in [3.05, 3.63) is 60.1 Å². The van der Waals surface area contributed by atoms with Crippen molar-refractivity contribution in [3.63, 3.8) is 0 Å². The highest BCUT2D eigenvalue weighted by atomic mass is 32.2. The molecule has 12 heteroatoms. The van der Waals surface area contributed by atoms with E-state index < -0.39 is 27.8 Å². The second-order valence-electron chi connectivity index (χ2n) is 7.28. The summed E-state index contributed by atoms with van der Waals surface area (Å²) in [4.78, 5) is 1.54. The van der Waals surface area contributed by atoms with Crippen LogP contribution in [0.5, 0.6) is 5.75 Å². The largest absolute Gasteiger partial charge is 0.495 e. The molecule has 176 valence electrons. The van der Waals surface area contributed by atoms with Gasteiger partial charge >= 0.3 is 6.18 Å². The Hall–Kier alpha value is -3.12. The second-order valence-corrected chi connectivity index (χ2v) is 9.19. The third-order valence-corrected chi connectivity index (χ3v) is 7.22. The Bertz CT molecular complexity index is 1250. The van der Waals surface area contributed by atoms with E-state index in [9.17, 15) is 26.0 Å². The molecule has 0 spiro atoms. The SMILES string of the molecule is COc1ccc(-c2cc(C(F)(F)F)on2)cc1S(=O)(=O)N1CCN(c2ccccc2F)CC1. The number of para-hydroxylation sites is 1. The van der Waals surface area contributed by atoms with E-state index in [1.165, 1.54) is 35.7 Å². The number of alkyl halides is 3. The minimum Gasteiger partial charge on any atom is -0.495 e. The predicted molar refractivity (Wildman–Crippen MR) is 111 cm³/mol. The lowest BCUT2D eigenvalue weighted by atomic mass is 10.1. The smallest absolute Gasteiger partial charge is 0.452 e. The molecule has 3 aromatic rings. The molecule has 0 radical (unpaired) electrons. The van der Waals surface area contributed by atoms with E-state index in [2.05, 4.69) is 9.68 Å². The quantitative estimate of drug-likeness (QED) is 0.509. The number of ether oxygens (including phenoxy) is 1. The number of hydrogen-bond donors (Lipinski definition) is 0. The fourth-order valence-corrected chi connectivity index (χ4v) is 5.20. The van der Waals surface area contributed by atoms with Gasteiger partial charge in [-0.15, -0.1) is 0 Å². The van der Waals surface area contributed by atoms with Crippen LogP contribution in [-0.4, -0.2) is 51.2 Å². The Balaban J connectivity index is 1.60. The average Bonchev–Trinajstić information content (AvgIpc) is 3.30. The molecule has 1 fully saturated rings. The topological polar surface area (TPSA) is 75.9 Å². The van der Waals surface area contributed by atoms with Crippen molar-refractivity contribution in [1.82, 2.24) is 9.46 Å². The maximum Gasteiger partial charge on any atom is 0.452 e. The molecule has 1 aliphatic heterocycles. The lowest BCUT2D eigenvalue weighted by Crippen LogP contribution is -2.49. The number of nitrogens with zero attached hydrogens (tertiary/aromatic N) is 3. The van der Waals surface area contributed by atoms with Gasteiger partial charge in [-0.05, 0) is 30.3 Å². The molecule has 33 heavy (non-hydrogen) atoms. The van der Waals surface area contributed by atoms with Gasteiger partial charge in [-0.1, -0.05) is 17.3 Å². The highest BCUT2D eigenvalue weighted by molar-refractivity contribution is 7.89. The summed E-state index contributed by atoms with van der Waals surface area (Å²) >= 11 is 0. The maximum absolute atomic E-state index is 14.1. The van der Waals surface area contributed by atoms with Gasteiger partial charge in [0.25, 0.3) is 0 Å². The number of hydrogen-bond acceptors (Lipinski definition) is 6. The molecule has 0 amide bonds. The monoisotopic (exact) mass is 485 g/mol. The van der Waals surface area contributed by atoms with Crippen LogP contribution in [0.25, 0.3) is 11.3 Å². The van der Waals surface area contributed by atoms with E-state index in [1.54, 1.807) is 23.1 Å². The summed E-state index contributed by atoms with van der Waals surface area (Å²) in [5.41, 5.74) is 0.352. The van der Waals surface area contributed by atoms with Gasteiger partial charge in [0, 0.05) is 37.8 Å². The minimum atomic E-state index is -4.72. The summed E-state index contributed by atoms with van der Waals surface area (Å²) in [5, 5.41) is 3.41. The summed E-state index contributed by atoms with van der Waals surface area (Å²) in [7, 11) is -2.77. The third-order valence-electron chi connectivity index (χ3n) is 5.30. The molecule has 7 nitrogen and oxygen atoms in total. The Labute approximate surface area is 187 Å². The first-order valence-electron chi connectivity index (χ1n) is 9.83. The van der Waals surface area contributed by atoms with Gasteiger partial charge in [0.1, 0.15) is 22.2 Å². The summed E-state index contributed by atoms with van der Waals surface area (Å²) in [6, 6.07) is 10.9. The minimum absolute atomic E-state index is 0.0369. The first kappa shape index (κ1) is 23.1. The van der Waals surface area contributed by atoms with Crippen molar-refractivity contribution in [2.24, 2.45) is 0 Å². The number of methoxy groups -OCH3 is 1. The molecule has 1 aromatic heterocycles. The fourth-order valence-electron chi connectivity index (χ4n) is 3.60. The first-order chi connectivity index (χ1) is 15.6. The molecule has 0 saturated carbocycles. The first-order valence-corrected chi connectivity index (χ1v) is 11.3. The van der Waals surface area contributed by atoms with E-state index in [1.807, 2.05) is 0 Å². The molecule has 4 rings (SSSR count). The van der Waals surface area contributed by atoms with Crippen molar-refractivity contribution < 1.29 is 35.2 Å². The van der Waals surface area contributed by atoms with E-state index in [0.717, 1.165) is 0 Å². The summed E-state index contributed by atoms with van der Waals surface area (Å²) in [6.07, 6.45) is -4.72. The molecule has 2 aromatic carbocycles. The molecular formula is C21H19F4N3O4S. The van der Waals surface area contributed by atoms with E-state index in [0.29, 0.717) is 11.8 Å². The van der Waals surface area contributed by atoms with Gasteiger partial charge in [-0.25, -0.2) is 12.8 Å². The van der Waals surface area contributed by atoms with E-state index in [4.69, 9.17) is 4.74 Å². The molecule has 0 N–H and O–H groups in total. The number of piperazine rings is 1. The van der Waals surface area contributed by atoms with E-state index >= 15 is 0 Å². The number of sulfonamides is 1. The van der Waals surface area contributed by atoms with Crippen LogP contribution in [0.3, 0.4) is 0 Å². The highest BCUT2D eigenvalue weighted by Crippen LogP contribution is 2.35. The van der Waals surface area contributed by atoms with Crippen LogP contribution in [0.15, 0.2) is 57.9 Å². The summed E-state index contributed by atoms with van der Waals surface area (Å²) in [5.74, 6) is -1.65. The molecule has 2 heterocycles. The standard InChI is InChI=1S/C21H19F4N3O4S/c1-31-18-7-6-14(16-13-20(32-26-16)21(23,24)25)12-19(18)33(29,30)28-10-8-27(9-11-28)17-5-3-2-4-15(17)22/h2-7,12-13H,8-11H2,1H3. The zero-order chi connectivity index (χ0) is 23.8. The zero-order valence-corrected chi connectivity index (χ0v) is 18.2. The normalized spacial score (nSPS) is 15.6. The Morgan fingerprint density at radius 2 is 1.73 bits per heavy atom. The zero-order valence-electron chi connectivity index (χ0n) is 17.3. The van der Waals surface area contributed by atoms with Crippen LogP contribution in [-0.2, 0) is 16.2 Å². The van der Waals surface area contributed by atoms with Crippen molar-refractivity contribution in [1.29, 1.82) is 0 Å². The lowest BCUT2D eigenvalue weighted by molar-refractivity contribution is -0.155. The number of aromatic nitrogens is 1. The van der Waals surface area contributed by atoms with E-state index in [-0.39, 0.29) is 48.1 Å². The Kier molecular flexibility index (Phi) is 6.06. The number of halogens is 4. The molecular weight excluding hydrogens is 466 g/mol. The number of benzene rings is 2. The lowest BCUT2D eigenvalue weighted by Gasteiger charge is -2.35. The van der Waals surface area contributed by atoms with Gasteiger partial charge in [-0.2, -0.15) is 17.5 Å². The highest BCUT2D eigenvalue weighted by Gasteiger charge is 2.37. The second kappa shape index (κ2) is 8.67. The van der Waals surface area contributed by atoms with Crippen molar-refractivity contribution in [2.75, 3.05) is 38.2 Å². The predicted octanol–water partition coefficient (Wildman–Crippen LogP) is 4.02. The Morgan fingerprint density at radius 1 is 1.03 bits per heavy atom. The molecule has 0 atom stereocenters. The van der Waals surface area contributed by atoms with Crippen molar-refractivity contribution in [3.8, 4) is 17.0 Å². The van der Waals surface area contributed by atoms with Gasteiger partial charge in [0.2, 0.25) is 15.8 Å². The maximum atomic E-state index is 14.1.